The van der Waals surface area contributed by atoms with Gasteiger partial charge in [-0.2, -0.15) is 0 Å². The summed E-state index contributed by atoms with van der Waals surface area (Å²) in [5.41, 5.74) is 0. The molecule has 2 nitrogen and oxygen atoms in total. The quantitative estimate of drug-likeness (QED) is 0.775. The number of rotatable bonds is 2. The summed E-state index contributed by atoms with van der Waals surface area (Å²) in [6.45, 7) is 1.52. The normalized spacial score (nSPS) is 14.1. The predicted octanol–water partition coefficient (Wildman–Crippen LogP) is 1.64. The van der Waals surface area contributed by atoms with Crippen LogP contribution in [0.1, 0.15) is 0 Å². The topological polar surface area (TPSA) is 40.5 Å². The van der Waals surface area contributed by atoms with Crippen LogP contribution < -0.4 is 10.6 Å². The van der Waals surface area contributed by atoms with Crippen molar-refractivity contribution in [2.45, 2.75) is 0 Å². The van der Waals surface area contributed by atoms with Gasteiger partial charge in [0, 0.05) is 0 Å². The molecule has 0 atom stereocenters. The van der Waals surface area contributed by atoms with Gasteiger partial charge in [0.2, 0.25) is 0 Å². The van der Waals surface area contributed by atoms with E-state index in [0.29, 0.717) is 10.6 Å². The van der Waals surface area contributed by atoms with Gasteiger partial charge >= 0.3 is 94.8 Å². The molecule has 0 bridgehead atoms. The van der Waals surface area contributed by atoms with Crippen molar-refractivity contribution in [2.24, 2.45) is 0 Å². The van der Waals surface area contributed by atoms with Gasteiger partial charge in [0.1, 0.15) is 0 Å². The first-order valence-electron chi connectivity index (χ1n) is 5.12. The van der Waals surface area contributed by atoms with Crippen molar-refractivity contribution in [3.63, 3.8) is 0 Å². The van der Waals surface area contributed by atoms with Gasteiger partial charge in [-0.3, -0.25) is 0 Å². The van der Waals surface area contributed by atoms with Crippen LogP contribution in [0.15, 0.2) is 60.7 Å². The van der Waals surface area contributed by atoms with Gasteiger partial charge in [0.25, 0.3) is 0 Å². The Morgan fingerprint density at radius 3 is 1.31 bits per heavy atom. The molecule has 0 spiro atoms. The Morgan fingerprint density at radius 1 is 0.688 bits per heavy atom. The Labute approximate surface area is 95.3 Å². The molecule has 2 rings (SSSR count). The summed E-state index contributed by atoms with van der Waals surface area (Å²) >= 11 is 0. The Morgan fingerprint density at radius 2 is 1.00 bits per heavy atom. The van der Waals surface area contributed by atoms with Gasteiger partial charge in [-0.05, 0) is 0 Å². The third-order valence-corrected chi connectivity index (χ3v) is 5.82. The molecule has 2 N–H and O–H groups in total. The summed E-state index contributed by atoms with van der Waals surface area (Å²) in [4.78, 5) is 21.2. The van der Waals surface area contributed by atoms with Crippen LogP contribution in [-0.2, 0) is 0 Å². The summed E-state index contributed by atoms with van der Waals surface area (Å²) < 4.78 is 0. The Bertz CT molecular complexity index is 428. The molecule has 84 valence electrons. The standard InChI is InChI=1S/C13H15O2P/c1-16(14,15,12-8-4-2-5-9-12)13-10-6-3-7-11-13/h2-11,14-15H,1H3. The average Bonchev–Trinajstić information content (AvgIpc) is 2.31. The molecule has 0 unspecified atom stereocenters. The minimum atomic E-state index is -3.93. The van der Waals surface area contributed by atoms with Crippen LogP contribution in [0.3, 0.4) is 0 Å². The second-order valence-electron chi connectivity index (χ2n) is 4.12. The average molecular weight is 234 g/mol. The first kappa shape index (κ1) is 11.3. The van der Waals surface area contributed by atoms with E-state index in [9.17, 15) is 9.79 Å². The van der Waals surface area contributed by atoms with E-state index >= 15 is 0 Å². The van der Waals surface area contributed by atoms with E-state index in [2.05, 4.69) is 0 Å². The molecule has 0 aromatic heterocycles. The van der Waals surface area contributed by atoms with E-state index in [1.165, 1.54) is 6.66 Å². The van der Waals surface area contributed by atoms with Crippen molar-refractivity contribution in [1.29, 1.82) is 0 Å². The van der Waals surface area contributed by atoms with Gasteiger partial charge in [-0.1, -0.05) is 0 Å². The van der Waals surface area contributed by atoms with Crippen molar-refractivity contribution >= 4 is 17.7 Å². The monoisotopic (exact) mass is 234 g/mol. The summed E-state index contributed by atoms with van der Waals surface area (Å²) in [5.74, 6) is 0. The first-order chi connectivity index (χ1) is 7.49. The van der Waals surface area contributed by atoms with E-state index in [-0.39, 0.29) is 0 Å². The van der Waals surface area contributed by atoms with E-state index < -0.39 is 7.06 Å². The fraction of sp³-hybridized carbons (Fsp3) is 0.0769. The fourth-order valence-electron chi connectivity index (χ4n) is 1.72. The molecule has 2 aromatic rings. The predicted molar refractivity (Wildman–Crippen MR) is 69.4 cm³/mol. The molecule has 0 amide bonds. The molecule has 0 radical (unpaired) electrons. The molecular formula is C13H15O2P. The molecule has 2 aromatic carbocycles. The van der Waals surface area contributed by atoms with Crippen LogP contribution in [0.2, 0.25) is 0 Å². The summed E-state index contributed by atoms with van der Waals surface area (Å²) in [6, 6.07) is 18.0. The van der Waals surface area contributed by atoms with Crippen LogP contribution in [0.4, 0.5) is 0 Å². The Hall–Kier alpha value is -1.21. The summed E-state index contributed by atoms with van der Waals surface area (Å²) in [6.07, 6.45) is 0. The first-order valence-corrected chi connectivity index (χ1v) is 7.70. The maximum atomic E-state index is 10.6. The second-order valence-corrected chi connectivity index (χ2v) is 8.05. The van der Waals surface area contributed by atoms with E-state index in [4.69, 9.17) is 0 Å². The van der Waals surface area contributed by atoms with Gasteiger partial charge in [0.15, 0.2) is 0 Å². The molecule has 3 heteroatoms. The third kappa shape index (κ3) is 1.88. The molecular weight excluding hydrogens is 219 g/mol. The van der Waals surface area contributed by atoms with Crippen LogP contribution in [-0.4, -0.2) is 16.5 Å². The fourth-order valence-corrected chi connectivity index (χ4v) is 3.79. The van der Waals surface area contributed by atoms with E-state index in [0.717, 1.165) is 0 Å². The van der Waals surface area contributed by atoms with Crippen LogP contribution in [0.25, 0.3) is 0 Å². The van der Waals surface area contributed by atoms with Crippen LogP contribution >= 0.6 is 7.06 Å². The Kier molecular flexibility index (Phi) is 2.59. The van der Waals surface area contributed by atoms with Gasteiger partial charge < -0.3 is 0 Å². The molecule has 0 saturated carbocycles. The number of benzene rings is 2. The zero-order valence-electron chi connectivity index (χ0n) is 9.12. The molecule has 0 aliphatic rings. The third-order valence-electron chi connectivity index (χ3n) is 2.75. The SMILES string of the molecule is CP(O)(O)(c1ccccc1)c1ccccc1. The summed E-state index contributed by atoms with van der Waals surface area (Å²) in [7, 11) is -3.93. The van der Waals surface area contributed by atoms with Crippen molar-refractivity contribution in [1.82, 2.24) is 0 Å². The van der Waals surface area contributed by atoms with Gasteiger partial charge in [0.05, 0.1) is 0 Å². The van der Waals surface area contributed by atoms with E-state index in [1.54, 1.807) is 24.3 Å². The van der Waals surface area contributed by atoms with Crippen molar-refractivity contribution in [3.8, 4) is 0 Å². The van der Waals surface area contributed by atoms with Crippen LogP contribution in [0.5, 0.6) is 0 Å². The molecule has 0 fully saturated rings. The minimum absolute atomic E-state index is 0.583. The molecule has 16 heavy (non-hydrogen) atoms. The zero-order valence-corrected chi connectivity index (χ0v) is 10.0. The van der Waals surface area contributed by atoms with E-state index in [1.807, 2.05) is 36.4 Å². The van der Waals surface area contributed by atoms with Crippen molar-refractivity contribution < 1.29 is 9.79 Å². The van der Waals surface area contributed by atoms with Gasteiger partial charge in [-0.25, -0.2) is 0 Å². The molecule has 0 saturated heterocycles. The van der Waals surface area contributed by atoms with Crippen molar-refractivity contribution in [2.75, 3.05) is 6.66 Å². The Balaban J connectivity index is 2.60. The molecule has 0 aliphatic heterocycles. The zero-order chi connectivity index (χ0) is 11.7. The number of hydrogen-bond acceptors (Lipinski definition) is 2. The number of hydrogen-bond donors (Lipinski definition) is 2. The van der Waals surface area contributed by atoms with Crippen molar-refractivity contribution in [3.05, 3.63) is 60.7 Å². The van der Waals surface area contributed by atoms with Crippen LogP contribution in [0, 0.1) is 0 Å². The molecule has 0 aliphatic carbocycles. The summed E-state index contributed by atoms with van der Waals surface area (Å²) in [5, 5.41) is 1.17. The van der Waals surface area contributed by atoms with Gasteiger partial charge in [-0.15, -0.1) is 0 Å². The maximum absolute atomic E-state index is 10.6. The molecule has 0 heterocycles. The second kappa shape index (κ2) is 3.67.